The molecule has 0 radical (unpaired) electrons. The first kappa shape index (κ1) is 10.4. The molecule has 0 aromatic carbocycles. The van der Waals surface area contributed by atoms with E-state index in [-0.39, 0.29) is 17.4 Å². The molecule has 0 aliphatic rings. The quantitative estimate of drug-likeness (QED) is 0.456. The molecule has 0 amide bonds. The fraction of sp³-hybridized carbons (Fsp3) is 1.00. The predicted molar refractivity (Wildman–Crippen MR) is 45.1 cm³/mol. The fourth-order valence-corrected chi connectivity index (χ4v) is 1.25. The number of hydrogen-bond donors (Lipinski definition) is 0. The smallest absolute Gasteiger partial charge is 0.206 e. The van der Waals surface area contributed by atoms with Crippen LogP contribution in [0.3, 0.4) is 0 Å². The van der Waals surface area contributed by atoms with Crippen molar-refractivity contribution in [2.45, 2.75) is 33.6 Å². The average Bonchev–Trinajstić information content (AvgIpc) is 1.84. The second kappa shape index (κ2) is 5.10. The van der Waals surface area contributed by atoms with E-state index in [2.05, 4.69) is 13.8 Å². The molecule has 0 saturated heterocycles. The van der Waals surface area contributed by atoms with Gasteiger partial charge >= 0.3 is 0 Å². The summed E-state index contributed by atoms with van der Waals surface area (Å²) in [5, 5.41) is 10.2. The highest BCUT2D eigenvalue weighted by Gasteiger charge is 2.14. The van der Waals surface area contributed by atoms with Crippen molar-refractivity contribution >= 4 is 0 Å². The summed E-state index contributed by atoms with van der Waals surface area (Å²) in [6.07, 6.45) is 1.89. The normalized spacial score (nSPS) is 13.5. The summed E-state index contributed by atoms with van der Waals surface area (Å²) < 4.78 is 0. The van der Waals surface area contributed by atoms with Crippen molar-refractivity contribution in [1.82, 2.24) is 0 Å². The number of rotatable bonds is 5. The fourth-order valence-electron chi connectivity index (χ4n) is 1.25. The molecule has 0 heterocycles. The van der Waals surface area contributed by atoms with Crippen molar-refractivity contribution in [2.75, 3.05) is 6.54 Å². The molecule has 0 rings (SSSR count). The first-order chi connectivity index (χ1) is 5.06. The van der Waals surface area contributed by atoms with Crippen LogP contribution in [0.1, 0.15) is 33.6 Å². The van der Waals surface area contributed by atoms with Gasteiger partial charge in [-0.2, -0.15) is 0 Å². The van der Waals surface area contributed by atoms with Gasteiger partial charge in [0.2, 0.25) is 6.54 Å². The molecule has 0 N–H and O–H groups in total. The van der Waals surface area contributed by atoms with E-state index in [0.29, 0.717) is 5.92 Å². The lowest BCUT2D eigenvalue weighted by atomic mass is 9.95. The molecule has 0 aliphatic heterocycles. The molecular weight excluding hydrogens is 142 g/mol. The van der Waals surface area contributed by atoms with Gasteiger partial charge in [0, 0.05) is 10.8 Å². The van der Waals surface area contributed by atoms with Gasteiger partial charge in [0.15, 0.2) is 0 Å². The summed E-state index contributed by atoms with van der Waals surface area (Å²) >= 11 is 0. The van der Waals surface area contributed by atoms with Crippen molar-refractivity contribution in [1.29, 1.82) is 0 Å². The van der Waals surface area contributed by atoms with Crippen molar-refractivity contribution < 1.29 is 4.92 Å². The maximum Gasteiger partial charge on any atom is 0.206 e. The number of hydrogen-bond acceptors (Lipinski definition) is 2. The van der Waals surface area contributed by atoms with E-state index in [9.17, 15) is 10.1 Å². The molecule has 0 aromatic rings. The summed E-state index contributed by atoms with van der Waals surface area (Å²) in [6.45, 7) is 6.34. The number of nitrogens with zero attached hydrogens (tertiary/aromatic N) is 1. The molecule has 11 heavy (non-hydrogen) atoms. The highest BCUT2D eigenvalue weighted by atomic mass is 16.6. The Morgan fingerprint density at radius 3 is 2.27 bits per heavy atom. The molecule has 0 aromatic heterocycles. The lowest BCUT2D eigenvalue weighted by Gasteiger charge is -2.11. The van der Waals surface area contributed by atoms with E-state index < -0.39 is 0 Å². The first-order valence-corrected chi connectivity index (χ1v) is 4.18. The third-order valence-electron chi connectivity index (χ3n) is 1.79. The maximum absolute atomic E-state index is 10.2. The monoisotopic (exact) mass is 159 g/mol. The van der Waals surface area contributed by atoms with Gasteiger partial charge in [0.25, 0.3) is 0 Å². The summed E-state index contributed by atoms with van der Waals surface area (Å²) in [6, 6.07) is 0. The van der Waals surface area contributed by atoms with Crippen LogP contribution in [-0.2, 0) is 0 Å². The van der Waals surface area contributed by atoms with Crippen molar-refractivity contribution in [3.63, 3.8) is 0 Å². The zero-order chi connectivity index (χ0) is 8.85. The van der Waals surface area contributed by atoms with E-state index in [1.54, 1.807) is 0 Å². The molecule has 0 unspecified atom stereocenters. The van der Waals surface area contributed by atoms with E-state index in [0.717, 1.165) is 12.8 Å². The largest absolute Gasteiger partial charge is 0.265 e. The van der Waals surface area contributed by atoms with Crippen LogP contribution in [0.2, 0.25) is 0 Å². The van der Waals surface area contributed by atoms with Gasteiger partial charge in [-0.25, -0.2) is 0 Å². The molecule has 0 fully saturated rings. The highest BCUT2D eigenvalue weighted by molar-refractivity contribution is 4.57. The summed E-state index contributed by atoms with van der Waals surface area (Å²) in [5.74, 6) is 0.838. The molecule has 66 valence electrons. The van der Waals surface area contributed by atoms with E-state index in [1.165, 1.54) is 0 Å². The second-order valence-corrected chi connectivity index (χ2v) is 3.42. The van der Waals surface area contributed by atoms with Gasteiger partial charge in [-0.05, 0) is 18.8 Å². The Kier molecular flexibility index (Phi) is 4.83. The Morgan fingerprint density at radius 2 is 2.00 bits per heavy atom. The molecule has 0 spiro atoms. The molecule has 3 nitrogen and oxygen atoms in total. The molecule has 0 bridgehead atoms. The van der Waals surface area contributed by atoms with E-state index in [1.807, 2.05) is 6.92 Å². The van der Waals surface area contributed by atoms with Crippen LogP contribution in [0, 0.1) is 22.0 Å². The Bertz CT molecular complexity index is 123. The van der Waals surface area contributed by atoms with E-state index in [4.69, 9.17) is 0 Å². The summed E-state index contributed by atoms with van der Waals surface area (Å²) in [5.41, 5.74) is 0. The zero-order valence-electron chi connectivity index (χ0n) is 7.54. The Hall–Kier alpha value is -0.600. The molecule has 0 saturated carbocycles. The van der Waals surface area contributed by atoms with Crippen LogP contribution < -0.4 is 0 Å². The SMILES string of the molecule is CC[C@H](CC(C)C)C[N+](=O)[O-]. The second-order valence-electron chi connectivity index (χ2n) is 3.42. The van der Waals surface area contributed by atoms with Crippen LogP contribution >= 0.6 is 0 Å². The minimum absolute atomic E-state index is 0.134. The molecule has 3 heteroatoms. The topological polar surface area (TPSA) is 43.1 Å². The van der Waals surface area contributed by atoms with Crippen LogP contribution in [0.25, 0.3) is 0 Å². The molecule has 0 aliphatic carbocycles. The zero-order valence-corrected chi connectivity index (χ0v) is 7.54. The minimum atomic E-state index is -0.212. The van der Waals surface area contributed by atoms with Crippen LogP contribution in [0.4, 0.5) is 0 Å². The van der Waals surface area contributed by atoms with Gasteiger partial charge in [-0.3, -0.25) is 10.1 Å². The van der Waals surface area contributed by atoms with Gasteiger partial charge in [0.05, 0.1) is 0 Å². The van der Waals surface area contributed by atoms with E-state index >= 15 is 0 Å². The Labute approximate surface area is 67.9 Å². The third-order valence-corrected chi connectivity index (χ3v) is 1.79. The molecule has 1 atom stereocenters. The van der Waals surface area contributed by atoms with Gasteiger partial charge in [-0.1, -0.05) is 20.8 Å². The van der Waals surface area contributed by atoms with Crippen LogP contribution in [-0.4, -0.2) is 11.5 Å². The van der Waals surface area contributed by atoms with Gasteiger partial charge in [0.1, 0.15) is 0 Å². The average molecular weight is 159 g/mol. The number of nitro groups is 1. The summed E-state index contributed by atoms with van der Waals surface area (Å²) in [4.78, 5) is 9.94. The lowest BCUT2D eigenvalue weighted by Crippen LogP contribution is -2.15. The first-order valence-electron chi connectivity index (χ1n) is 4.18. The maximum atomic E-state index is 10.2. The van der Waals surface area contributed by atoms with Crippen LogP contribution in [0.5, 0.6) is 0 Å². The van der Waals surface area contributed by atoms with Crippen molar-refractivity contribution in [2.24, 2.45) is 11.8 Å². The van der Waals surface area contributed by atoms with Gasteiger partial charge in [-0.15, -0.1) is 0 Å². The van der Waals surface area contributed by atoms with Gasteiger partial charge < -0.3 is 0 Å². The Morgan fingerprint density at radius 1 is 1.45 bits per heavy atom. The lowest BCUT2D eigenvalue weighted by molar-refractivity contribution is -0.488. The van der Waals surface area contributed by atoms with Crippen LogP contribution in [0.15, 0.2) is 0 Å². The highest BCUT2D eigenvalue weighted by Crippen LogP contribution is 2.14. The molecular formula is C8H17NO2. The predicted octanol–water partition coefficient (Wildman–Crippen LogP) is 2.34. The third kappa shape index (κ3) is 5.83. The Balaban J connectivity index is 3.66. The standard InChI is InChI=1S/C8H17NO2/c1-4-8(5-7(2)3)6-9(10)11/h7-8H,4-6H2,1-3H3/t8-/m1/s1. The summed E-state index contributed by atoms with van der Waals surface area (Å²) in [7, 11) is 0. The van der Waals surface area contributed by atoms with Crippen molar-refractivity contribution in [3.8, 4) is 0 Å². The van der Waals surface area contributed by atoms with Crippen molar-refractivity contribution in [3.05, 3.63) is 10.1 Å². The minimum Gasteiger partial charge on any atom is -0.265 e.